The molecule has 0 saturated heterocycles. The summed E-state index contributed by atoms with van der Waals surface area (Å²) in [4.78, 5) is 0. The molecule has 0 fully saturated rings. The van der Waals surface area contributed by atoms with Gasteiger partial charge >= 0.3 is 0 Å². The third kappa shape index (κ3) is 1.98. The van der Waals surface area contributed by atoms with Crippen LogP contribution in [0.15, 0.2) is 60.2 Å². The molecule has 0 spiro atoms. The Labute approximate surface area is 116 Å². The summed E-state index contributed by atoms with van der Waals surface area (Å²) in [5, 5.41) is 1.55. The third-order valence-corrected chi connectivity index (χ3v) is 8.42. The molecule has 96 valence electrons. The molecule has 0 bridgehead atoms. The smallest absolute Gasteiger partial charge is 0.0676 e. The van der Waals surface area contributed by atoms with Crippen molar-refractivity contribution < 1.29 is 0 Å². The lowest BCUT2D eigenvalue weighted by molar-refractivity contribution is 1.08. The maximum atomic E-state index is 2.49. The minimum atomic E-state index is -1.53. The van der Waals surface area contributed by atoms with Gasteiger partial charge in [-0.2, -0.15) is 0 Å². The average Bonchev–Trinajstić information content (AvgIpc) is 2.76. The van der Waals surface area contributed by atoms with Crippen LogP contribution in [0, 0.1) is 0 Å². The minimum Gasteiger partial charge on any atom is -0.0676 e. The second-order valence-corrected chi connectivity index (χ2v) is 10.6. The Morgan fingerprint density at radius 3 is 2.21 bits per heavy atom. The topological polar surface area (TPSA) is 0 Å². The van der Waals surface area contributed by atoms with E-state index in [0.717, 1.165) is 0 Å². The number of benzene rings is 2. The van der Waals surface area contributed by atoms with Gasteiger partial charge in [0, 0.05) is 5.54 Å². The van der Waals surface area contributed by atoms with Gasteiger partial charge in [-0.05, 0) is 18.1 Å². The van der Waals surface area contributed by atoms with Gasteiger partial charge < -0.3 is 0 Å². The molecule has 1 heteroatoms. The predicted molar refractivity (Wildman–Crippen MR) is 86.4 cm³/mol. The molecular weight excluding hydrogens is 244 g/mol. The van der Waals surface area contributed by atoms with E-state index in [0.29, 0.717) is 5.54 Å². The van der Waals surface area contributed by atoms with E-state index in [1.165, 1.54) is 16.7 Å². The maximum Gasteiger partial charge on any atom is 0.0923 e. The van der Waals surface area contributed by atoms with Gasteiger partial charge in [-0.15, -0.1) is 0 Å². The lowest BCUT2D eigenvalue weighted by Crippen LogP contribution is -2.47. The Bertz CT molecular complexity index is 623. The molecule has 0 aliphatic heterocycles. The Morgan fingerprint density at radius 1 is 0.842 bits per heavy atom. The molecule has 0 aromatic heterocycles. The van der Waals surface area contributed by atoms with Crippen molar-refractivity contribution in [1.29, 1.82) is 0 Å². The van der Waals surface area contributed by atoms with E-state index in [4.69, 9.17) is 0 Å². The molecule has 0 N–H and O–H groups in total. The van der Waals surface area contributed by atoms with E-state index < -0.39 is 8.07 Å². The number of fused-ring (bicyclic) bond motifs is 1. The van der Waals surface area contributed by atoms with Crippen LogP contribution in [0.4, 0.5) is 0 Å². The predicted octanol–water partition coefficient (Wildman–Crippen LogP) is 4.34. The molecular formula is C18H20Si. The zero-order valence-corrected chi connectivity index (χ0v) is 12.9. The van der Waals surface area contributed by atoms with Crippen molar-refractivity contribution in [2.45, 2.75) is 25.6 Å². The quantitative estimate of drug-likeness (QED) is 0.708. The molecule has 0 saturated carbocycles. The second-order valence-electron chi connectivity index (χ2n) is 6.04. The number of hydrogen-bond acceptors (Lipinski definition) is 0. The van der Waals surface area contributed by atoms with Gasteiger partial charge in [0.25, 0.3) is 0 Å². The van der Waals surface area contributed by atoms with Gasteiger partial charge in [0.2, 0.25) is 0 Å². The largest absolute Gasteiger partial charge is 0.0923 e. The summed E-state index contributed by atoms with van der Waals surface area (Å²) in [6.45, 7) is 7.28. The summed E-state index contributed by atoms with van der Waals surface area (Å²) in [6, 6.07) is 19.9. The van der Waals surface area contributed by atoms with Crippen molar-refractivity contribution in [1.82, 2.24) is 0 Å². The molecule has 1 aliphatic carbocycles. The van der Waals surface area contributed by atoms with E-state index in [2.05, 4.69) is 80.7 Å². The molecule has 2 aromatic rings. The van der Waals surface area contributed by atoms with Gasteiger partial charge in [0.15, 0.2) is 0 Å². The lowest BCUT2D eigenvalue weighted by Gasteiger charge is -2.32. The van der Waals surface area contributed by atoms with Crippen LogP contribution in [-0.2, 0) is 0 Å². The third-order valence-electron chi connectivity index (χ3n) is 4.39. The van der Waals surface area contributed by atoms with Gasteiger partial charge in [-0.1, -0.05) is 84.5 Å². The Hall–Kier alpha value is -1.60. The Morgan fingerprint density at radius 2 is 1.47 bits per heavy atom. The molecule has 1 aliphatic rings. The number of rotatable bonds is 2. The summed E-state index contributed by atoms with van der Waals surface area (Å²) in [5.41, 5.74) is 5.09. The zero-order chi connectivity index (χ0) is 13.5. The van der Waals surface area contributed by atoms with Crippen LogP contribution in [0.25, 0.3) is 6.08 Å². The maximum absolute atomic E-state index is 2.49. The van der Waals surface area contributed by atoms with E-state index in [-0.39, 0.29) is 0 Å². The molecule has 0 amide bonds. The van der Waals surface area contributed by atoms with Crippen LogP contribution >= 0.6 is 0 Å². The van der Waals surface area contributed by atoms with Crippen molar-refractivity contribution in [3.63, 3.8) is 0 Å². The van der Waals surface area contributed by atoms with E-state index in [1.54, 1.807) is 5.19 Å². The fraction of sp³-hybridized carbons (Fsp3) is 0.222. The first-order valence-corrected chi connectivity index (χ1v) is 10.0. The van der Waals surface area contributed by atoms with E-state index in [1.807, 2.05) is 0 Å². The molecule has 1 unspecified atom stereocenters. The molecule has 2 aromatic carbocycles. The minimum absolute atomic E-state index is 0.617. The summed E-state index contributed by atoms with van der Waals surface area (Å²) in [6.07, 6.45) is 2.37. The van der Waals surface area contributed by atoms with Crippen molar-refractivity contribution in [3.8, 4) is 0 Å². The van der Waals surface area contributed by atoms with Gasteiger partial charge in [0.05, 0.1) is 8.07 Å². The normalized spacial score (nSPS) is 18.1. The molecule has 19 heavy (non-hydrogen) atoms. The van der Waals surface area contributed by atoms with Crippen molar-refractivity contribution in [2.75, 3.05) is 0 Å². The van der Waals surface area contributed by atoms with Crippen molar-refractivity contribution in [3.05, 3.63) is 71.3 Å². The zero-order valence-electron chi connectivity index (χ0n) is 11.9. The molecule has 0 heterocycles. The summed E-state index contributed by atoms with van der Waals surface area (Å²) >= 11 is 0. The molecule has 1 atom stereocenters. The molecule has 0 nitrogen and oxygen atoms in total. The SMILES string of the molecule is CC1=Cc2ccccc2C1[Si](C)(C)c1ccccc1. The van der Waals surface area contributed by atoms with Crippen LogP contribution in [0.5, 0.6) is 0 Å². The van der Waals surface area contributed by atoms with Crippen LogP contribution in [0.3, 0.4) is 0 Å². The van der Waals surface area contributed by atoms with Crippen molar-refractivity contribution >= 4 is 19.3 Å². The first-order valence-electron chi connectivity index (χ1n) is 6.93. The monoisotopic (exact) mass is 264 g/mol. The van der Waals surface area contributed by atoms with Crippen LogP contribution in [-0.4, -0.2) is 8.07 Å². The van der Waals surface area contributed by atoms with Gasteiger partial charge in [-0.3, -0.25) is 0 Å². The van der Waals surface area contributed by atoms with E-state index >= 15 is 0 Å². The second kappa shape index (κ2) is 4.50. The van der Waals surface area contributed by atoms with Crippen LogP contribution in [0.1, 0.15) is 23.6 Å². The summed E-state index contributed by atoms with van der Waals surface area (Å²) in [5.74, 6) is 0. The van der Waals surface area contributed by atoms with Crippen LogP contribution in [0.2, 0.25) is 13.1 Å². The molecule has 0 radical (unpaired) electrons. The standard InChI is InChI=1S/C18H20Si/c1-14-13-15-9-7-8-12-17(15)18(14)19(2,3)16-10-5-4-6-11-16/h4-13,18H,1-3H3. The van der Waals surface area contributed by atoms with Crippen LogP contribution < -0.4 is 5.19 Å². The highest BCUT2D eigenvalue weighted by molar-refractivity contribution is 6.91. The number of hydrogen-bond donors (Lipinski definition) is 0. The average molecular weight is 264 g/mol. The fourth-order valence-corrected chi connectivity index (χ4v) is 7.12. The fourth-order valence-electron chi connectivity index (χ4n) is 3.47. The van der Waals surface area contributed by atoms with E-state index in [9.17, 15) is 0 Å². The lowest BCUT2D eigenvalue weighted by atomic mass is 10.1. The molecule has 3 rings (SSSR count). The summed E-state index contributed by atoms with van der Waals surface area (Å²) < 4.78 is 0. The van der Waals surface area contributed by atoms with Gasteiger partial charge in [-0.25, -0.2) is 0 Å². The Kier molecular flexibility index (Phi) is 2.94. The highest BCUT2D eigenvalue weighted by Crippen LogP contribution is 2.41. The van der Waals surface area contributed by atoms with Crippen molar-refractivity contribution in [2.24, 2.45) is 0 Å². The first-order chi connectivity index (χ1) is 9.10. The summed E-state index contributed by atoms with van der Waals surface area (Å²) in [7, 11) is -1.53. The highest BCUT2D eigenvalue weighted by Gasteiger charge is 2.38. The highest BCUT2D eigenvalue weighted by atomic mass is 28.3. The first kappa shape index (κ1) is 12.4. The Balaban J connectivity index is 2.10. The van der Waals surface area contributed by atoms with Gasteiger partial charge in [0.1, 0.15) is 0 Å². The number of allylic oxidation sites excluding steroid dienone is 1.